The molecule has 0 spiro atoms. The van der Waals surface area contributed by atoms with Crippen LogP contribution in [-0.4, -0.2) is 51.7 Å². The van der Waals surface area contributed by atoms with Gasteiger partial charge in [0.1, 0.15) is 5.82 Å². The van der Waals surface area contributed by atoms with Crippen molar-refractivity contribution in [2.24, 2.45) is 0 Å². The number of rotatable bonds is 6. The molecular formula is C26H31FN4O. The Bertz CT molecular complexity index is 1080. The van der Waals surface area contributed by atoms with Crippen LogP contribution in [0.2, 0.25) is 0 Å². The highest BCUT2D eigenvalue weighted by Crippen LogP contribution is 2.20. The number of likely N-dealkylation sites (tertiary alicyclic amines) is 1. The molecule has 168 valence electrons. The number of hydrogen-bond donors (Lipinski definition) is 0. The maximum atomic E-state index is 14.0. The molecule has 0 radical (unpaired) electrons. The van der Waals surface area contributed by atoms with Gasteiger partial charge in [-0.05, 0) is 63.1 Å². The van der Waals surface area contributed by atoms with E-state index in [1.165, 1.54) is 6.07 Å². The first kappa shape index (κ1) is 22.2. The summed E-state index contributed by atoms with van der Waals surface area (Å²) in [5, 5.41) is 4.51. The minimum atomic E-state index is -0.167. The first-order chi connectivity index (χ1) is 15.4. The van der Waals surface area contributed by atoms with Gasteiger partial charge in [0.25, 0.3) is 5.91 Å². The average Bonchev–Trinajstić information content (AvgIpc) is 3.11. The van der Waals surface area contributed by atoms with E-state index in [0.717, 1.165) is 42.9 Å². The predicted molar refractivity (Wildman–Crippen MR) is 124 cm³/mol. The Kier molecular flexibility index (Phi) is 6.70. The number of piperidine rings is 1. The summed E-state index contributed by atoms with van der Waals surface area (Å²) in [5.41, 5.74) is 4.65. The summed E-state index contributed by atoms with van der Waals surface area (Å²) in [6.07, 6.45) is 1.96. The largest absolute Gasteiger partial charge is 0.337 e. The van der Waals surface area contributed by atoms with E-state index in [1.807, 2.05) is 66.9 Å². The van der Waals surface area contributed by atoms with Crippen molar-refractivity contribution in [2.75, 3.05) is 20.1 Å². The third-order valence-corrected chi connectivity index (χ3v) is 6.34. The summed E-state index contributed by atoms with van der Waals surface area (Å²) in [7, 11) is 1.88. The Labute approximate surface area is 189 Å². The normalized spacial score (nSPS) is 16.8. The number of amides is 1. The maximum Gasteiger partial charge on any atom is 0.253 e. The Morgan fingerprint density at radius 3 is 2.56 bits per heavy atom. The molecule has 1 aliphatic rings. The molecule has 0 saturated carbocycles. The van der Waals surface area contributed by atoms with E-state index in [2.05, 4.69) is 16.1 Å². The number of likely N-dealkylation sites (N-methyl/N-ethyl adjacent to an activating group) is 1. The van der Waals surface area contributed by atoms with Crippen molar-refractivity contribution in [3.63, 3.8) is 0 Å². The quantitative estimate of drug-likeness (QED) is 0.577. The van der Waals surface area contributed by atoms with Gasteiger partial charge in [-0.2, -0.15) is 5.10 Å². The smallest absolute Gasteiger partial charge is 0.253 e. The molecule has 4 rings (SSSR count). The van der Waals surface area contributed by atoms with Gasteiger partial charge in [0.15, 0.2) is 0 Å². The van der Waals surface area contributed by atoms with E-state index in [4.69, 9.17) is 0 Å². The number of hydrogen-bond acceptors (Lipinski definition) is 3. The lowest BCUT2D eigenvalue weighted by Gasteiger charge is -2.37. The molecule has 1 amide bonds. The molecule has 1 fully saturated rings. The highest BCUT2D eigenvalue weighted by atomic mass is 19.1. The van der Waals surface area contributed by atoms with Crippen molar-refractivity contribution >= 4 is 5.91 Å². The minimum Gasteiger partial charge on any atom is -0.337 e. The Hall–Kier alpha value is -2.99. The van der Waals surface area contributed by atoms with Crippen molar-refractivity contribution in [1.82, 2.24) is 19.6 Å². The van der Waals surface area contributed by atoms with Crippen molar-refractivity contribution < 1.29 is 9.18 Å². The number of nitrogens with zero attached hydrogens (tertiary/aromatic N) is 4. The van der Waals surface area contributed by atoms with Crippen molar-refractivity contribution in [2.45, 2.75) is 45.8 Å². The van der Waals surface area contributed by atoms with E-state index in [1.54, 1.807) is 6.07 Å². The van der Waals surface area contributed by atoms with Gasteiger partial charge in [0.05, 0.1) is 12.2 Å². The number of carbonyl (C=O) groups excluding carboxylic acids is 1. The van der Waals surface area contributed by atoms with E-state index < -0.39 is 0 Å². The molecule has 0 N–H and O–H groups in total. The average molecular weight is 435 g/mol. The number of aromatic nitrogens is 2. The van der Waals surface area contributed by atoms with Crippen molar-refractivity contribution in [3.8, 4) is 0 Å². The molecule has 1 aliphatic heterocycles. The highest BCUT2D eigenvalue weighted by molar-refractivity contribution is 5.94. The molecule has 3 aromatic rings. The van der Waals surface area contributed by atoms with Crippen LogP contribution in [0.25, 0.3) is 0 Å². The van der Waals surface area contributed by atoms with E-state index in [9.17, 15) is 9.18 Å². The standard InChI is InChI=1S/C26H31FN4O/c1-19-15-20(2)31(28-19)16-21-10-12-22(13-11-21)26(32)29(3)24-8-6-14-30(18-24)17-23-7-4-5-9-25(23)27/h4-5,7,9-13,15,24H,6,8,14,16-18H2,1-3H3. The fraction of sp³-hybridized carbons (Fsp3) is 0.385. The van der Waals surface area contributed by atoms with Gasteiger partial charge in [-0.15, -0.1) is 0 Å². The first-order valence-corrected chi connectivity index (χ1v) is 11.2. The second-order valence-corrected chi connectivity index (χ2v) is 8.82. The van der Waals surface area contributed by atoms with Gasteiger partial charge >= 0.3 is 0 Å². The SMILES string of the molecule is Cc1cc(C)n(Cc2ccc(C(=O)N(C)C3CCCN(Cc4ccccc4F)C3)cc2)n1. The van der Waals surface area contributed by atoms with E-state index >= 15 is 0 Å². The second kappa shape index (κ2) is 9.65. The molecule has 2 heterocycles. The van der Waals surface area contributed by atoms with Crippen LogP contribution in [0, 0.1) is 19.7 Å². The van der Waals surface area contributed by atoms with Gasteiger partial charge in [0.2, 0.25) is 0 Å². The van der Waals surface area contributed by atoms with E-state index in [0.29, 0.717) is 24.2 Å². The van der Waals surface area contributed by atoms with Gasteiger partial charge in [-0.25, -0.2) is 4.39 Å². The van der Waals surface area contributed by atoms with Gasteiger partial charge in [0, 0.05) is 43.0 Å². The zero-order chi connectivity index (χ0) is 22.7. The third-order valence-electron chi connectivity index (χ3n) is 6.34. The molecule has 1 aromatic heterocycles. The summed E-state index contributed by atoms with van der Waals surface area (Å²) < 4.78 is 16.0. The molecule has 0 bridgehead atoms. The van der Waals surface area contributed by atoms with Gasteiger partial charge < -0.3 is 4.90 Å². The van der Waals surface area contributed by atoms with Crippen LogP contribution >= 0.6 is 0 Å². The van der Waals surface area contributed by atoms with Crippen LogP contribution in [-0.2, 0) is 13.1 Å². The molecule has 0 aliphatic carbocycles. The molecule has 1 saturated heterocycles. The summed E-state index contributed by atoms with van der Waals surface area (Å²) in [6.45, 7) is 6.99. The highest BCUT2D eigenvalue weighted by Gasteiger charge is 2.27. The molecule has 5 nitrogen and oxygen atoms in total. The molecule has 2 aromatic carbocycles. The van der Waals surface area contributed by atoms with Crippen LogP contribution in [0.15, 0.2) is 54.6 Å². The molecule has 32 heavy (non-hydrogen) atoms. The predicted octanol–water partition coefficient (Wildman–Crippen LogP) is 4.42. The lowest BCUT2D eigenvalue weighted by Crippen LogP contribution is -2.48. The summed E-state index contributed by atoms with van der Waals surface area (Å²) >= 11 is 0. The summed E-state index contributed by atoms with van der Waals surface area (Å²) in [6, 6.07) is 16.9. The Balaban J connectivity index is 1.38. The number of carbonyl (C=O) groups is 1. The van der Waals surface area contributed by atoms with Crippen LogP contribution in [0.1, 0.15) is 45.7 Å². The number of aryl methyl sites for hydroxylation is 2. The maximum absolute atomic E-state index is 14.0. The number of benzene rings is 2. The lowest BCUT2D eigenvalue weighted by atomic mass is 10.0. The topological polar surface area (TPSA) is 41.4 Å². The van der Waals surface area contributed by atoms with Crippen molar-refractivity contribution in [1.29, 1.82) is 0 Å². The lowest BCUT2D eigenvalue weighted by molar-refractivity contribution is 0.0608. The molecule has 1 atom stereocenters. The fourth-order valence-electron chi connectivity index (χ4n) is 4.49. The second-order valence-electron chi connectivity index (χ2n) is 8.82. The van der Waals surface area contributed by atoms with Crippen LogP contribution in [0.5, 0.6) is 0 Å². The van der Waals surface area contributed by atoms with Crippen LogP contribution in [0.3, 0.4) is 0 Å². The van der Waals surface area contributed by atoms with Crippen LogP contribution in [0.4, 0.5) is 4.39 Å². The molecule has 6 heteroatoms. The summed E-state index contributed by atoms with van der Waals surface area (Å²) in [5.74, 6) is -0.139. The monoisotopic (exact) mass is 434 g/mol. The Morgan fingerprint density at radius 1 is 1.12 bits per heavy atom. The summed E-state index contributed by atoms with van der Waals surface area (Å²) in [4.78, 5) is 17.2. The molecular weight excluding hydrogens is 403 g/mol. The van der Waals surface area contributed by atoms with Gasteiger partial charge in [-0.3, -0.25) is 14.4 Å². The zero-order valence-electron chi connectivity index (χ0n) is 19.1. The fourth-order valence-corrected chi connectivity index (χ4v) is 4.49. The third kappa shape index (κ3) is 5.07. The zero-order valence-corrected chi connectivity index (χ0v) is 19.1. The molecule has 1 unspecified atom stereocenters. The Morgan fingerprint density at radius 2 is 1.88 bits per heavy atom. The van der Waals surface area contributed by atoms with E-state index in [-0.39, 0.29) is 17.8 Å². The van der Waals surface area contributed by atoms with Gasteiger partial charge in [-0.1, -0.05) is 30.3 Å². The minimum absolute atomic E-state index is 0.0282. The van der Waals surface area contributed by atoms with Crippen LogP contribution < -0.4 is 0 Å². The van der Waals surface area contributed by atoms with Crippen molar-refractivity contribution in [3.05, 3.63) is 88.5 Å². The first-order valence-electron chi connectivity index (χ1n) is 11.2. The number of halogens is 1.